The Labute approximate surface area is 270 Å². The minimum atomic E-state index is -1.81. The Morgan fingerprint density at radius 1 is 0.933 bits per heavy atom. The van der Waals surface area contributed by atoms with E-state index in [0.717, 1.165) is 16.3 Å². The van der Waals surface area contributed by atoms with Crippen LogP contribution in [0.15, 0.2) is 98.5 Å². The highest BCUT2D eigenvalue weighted by Crippen LogP contribution is 2.54. The summed E-state index contributed by atoms with van der Waals surface area (Å²) in [4.78, 5) is 46.5. The Kier molecular flexibility index (Phi) is 6.56. The predicted octanol–water partition coefficient (Wildman–Crippen LogP) is 7.40. The third-order valence-corrected chi connectivity index (χ3v) is 10.7. The quantitative estimate of drug-likeness (QED) is 0.137. The van der Waals surface area contributed by atoms with E-state index >= 15 is 0 Å². The maximum Gasteiger partial charge on any atom is 0.297 e. The van der Waals surface area contributed by atoms with Crippen LogP contribution in [0.1, 0.15) is 40.6 Å². The maximum atomic E-state index is 14.7. The van der Waals surface area contributed by atoms with E-state index in [2.05, 4.69) is 34.5 Å². The van der Waals surface area contributed by atoms with Gasteiger partial charge in [-0.05, 0) is 47.0 Å². The van der Waals surface area contributed by atoms with Gasteiger partial charge in [-0.3, -0.25) is 19.3 Å². The van der Waals surface area contributed by atoms with Gasteiger partial charge in [-0.15, -0.1) is 10.2 Å². The van der Waals surface area contributed by atoms with Crippen molar-refractivity contribution >= 4 is 79.1 Å². The van der Waals surface area contributed by atoms with Crippen LogP contribution >= 0.6 is 34.7 Å². The van der Waals surface area contributed by atoms with Crippen molar-refractivity contribution in [2.45, 2.75) is 29.0 Å². The Bertz CT molecular complexity index is 2260. The van der Waals surface area contributed by atoms with E-state index in [9.17, 15) is 14.4 Å². The average Bonchev–Trinajstić information content (AvgIpc) is 3.69. The molecule has 2 amide bonds. The lowest BCUT2D eigenvalue weighted by Gasteiger charge is -2.32. The maximum absolute atomic E-state index is 14.7. The summed E-state index contributed by atoms with van der Waals surface area (Å²) in [5.41, 5.74) is 0.180. The molecular weight excluding hydrogens is 628 g/mol. The van der Waals surface area contributed by atoms with E-state index in [1.165, 1.54) is 34.1 Å². The highest BCUT2D eigenvalue weighted by Gasteiger charge is 2.66. The Hall–Kier alpha value is -4.51. The van der Waals surface area contributed by atoms with E-state index in [-0.39, 0.29) is 27.4 Å². The van der Waals surface area contributed by atoms with E-state index in [1.807, 2.05) is 37.3 Å². The van der Waals surface area contributed by atoms with Crippen molar-refractivity contribution in [3.8, 4) is 0 Å². The molecule has 11 heteroatoms. The number of benzene rings is 4. The van der Waals surface area contributed by atoms with Gasteiger partial charge in [0, 0.05) is 22.9 Å². The summed E-state index contributed by atoms with van der Waals surface area (Å²) in [6.45, 7) is 2.38. The van der Waals surface area contributed by atoms with Gasteiger partial charge in [0.05, 0.1) is 16.6 Å². The van der Waals surface area contributed by atoms with Crippen LogP contribution in [0.4, 0.5) is 10.8 Å². The molecule has 6 aromatic rings. The number of amides is 2. The van der Waals surface area contributed by atoms with Crippen LogP contribution in [0, 0.1) is 0 Å². The van der Waals surface area contributed by atoms with E-state index in [0.29, 0.717) is 39.3 Å². The number of anilines is 2. The molecule has 2 aromatic heterocycles. The van der Waals surface area contributed by atoms with E-state index in [1.54, 1.807) is 29.2 Å². The fourth-order valence-electron chi connectivity index (χ4n) is 6.49. The number of rotatable bonds is 6. The lowest BCUT2D eigenvalue weighted by molar-refractivity contribution is -0.121. The molecule has 0 fully saturated rings. The molecule has 4 heterocycles. The molecular formula is C34H23ClN4O4S2. The summed E-state index contributed by atoms with van der Waals surface area (Å²) in [5, 5.41) is 11.9. The van der Waals surface area contributed by atoms with E-state index < -0.39 is 22.8 Å². The molecule has 2 aliphatic rings. The SMILES string of the molecule is CCCN1C(=O)C2(c3ccccc31)c1c(oc3ccc(Cl)cc3c1=O)C(=O)N2c1nnc(SCc2cccc3ccccc23)s1. The summed E-state index contributed by atoms with van der Waals surface area (Å²) < 4.78 is 6.76. The number of hydrogen-bond acceptors (Lipinski definition) is 8. The van der Waals surface area contributed by atoms with Gasteiger partial charge >= 0.3 is 0 Å². The van der Waals surface area contributed by atoms with Crippen LogP contribution < -0.4 is 15.2 Å². The highest BCUT2D eigenvalue weighted by molar-refractivity contribution is 8.00. The van der Waals surface area contributed by atoms with Gasteiger partial charge in [0.15, 0.2) is 15.3 Å². The third-order valence-electron chi connectivity index (χ3n) is 8.35. The smallest absolute Gasteiger partial charge is 0.297 e. The minimum Gasteiger partial charge on any atom is -0.450 e. The molecule has 0 radical (unpaired) electrons. The van der Waals surface area contributed by atoms with Crippen LogP contribution in [0.5, 0.6) is 0 Å². The fourth-order valence-corrected chi connectivity index (χ4v) is 8.56. The molecule has 1 spiro atoms. The molecule has 222 valence electrons. The van der Waals surface area contributed by atoms with Crippen LogP contribution in [0.25, 0.3) is 21.7 Å². The highest BCUT2D eigenvalue weighted by atomic mass is 35.5. The summed E-state index contributed by atoms with van der Waals surface area (Å²) in [6.07, 6.45) is 0.673. The second kappa shape index (κ2) is 10.5. The molecule has 0 saturated heterocycles. The minimum absolute atomic E-state index is 0.0292. The van der Waals surface area contributed by atoms with Crippen LogP contribution in [-0.2, 0) is 16.1 Å². The lowest BCUT2D eigenvalue weighted by atomic mass is 9.84. The van der Waals surface area contributed by atoms with Gasteiger partial charge in [0.25, 0.3) is 11.8 Å². The Morgan fingerprint density at radius 3 is 2.60 bits per heavy atom. The van der Waals surface area contributed by atoms with Crippen LogP contribution in [0.3, 0.4) is 0 Å². The van der Waals surface area contributed by atoms with Crippen molar-refractivity contribution in [1.29, 1.82) is 0 Å². The molecule has 45 heavy (non-hydrogen) atoms. The monoisotopic (exact) mass is 650 g/mol. The zero-order valence-corrected chi connectivity index (χ0v) is 26.2. The van der Waals surface area contributed by atoms with E-state index in [4.69, 9.17) is 16.0 Å². The van der Waals surface area contributed by atoms with Gasteiger partial charge in [0.2, 0.25) is 10.9 Å². The van der Waals surface area contributed by atoms with Crippen molar-refractivity contribution in [2.24, 2.45) is 0 Å². The molecule has 2 aliphatic heterocycles. The predicted molar refractivity (Wildman–Crippen MR) is 178 cm³/mol. The number of carbonyl (C=O) groups excluding carboxylic acids is 2. The summed E-state index contributed by atoms with van der Waals surface area (Å²) in [6, 6.07) is 26.3. The van der Waals surface area contributed by atoms with Crippen molar-refractivity contribution < 1.29 is 14.0 Å². The molecule has 0 N–H and O–H groups in total. The second-order valence-corrected chi connectivity index (χ2v) is 13.5. The molecule has 0 aliphatic carbocycles. The number of thioether (sulfide) groups is 1. The number of fused-ring (bicyclic) bond motifs is 6. The van der Waals surface area contributed by atoms with Crippen molar-refractivity contribution in [2.75, 3.05) is 16.3 Å². The second-order valence-electron chi connectivity index (χ2n) is 10.9. The zero-order chi connectivity index (χ0) is 30.9. The number of nitrogens with zero attached hydrogens (tertiary/aromatic N) is 4. The van der Waals surface area contributed by atoms with Crippen molar-refractivity contribution in [1.82, 2.24) is 10.2 Å². The van der Waals surface area contributed by atoms with Crippen molar-refractivity contribution in [3.05, 3.63) is 123 Å². The first-order chi connectivity index (χ1) is 21.9. The summed E-state index contributed by atoms with van der Waals surface area (Å²) in [5.74, 6) is -0.585. The normalized spacial score (nSPS) is 17.2. The molecule has 0 saturated carbocycles. The van der Waals surface area contributed by atoms with Gasteiger partial charge in [-0.25, -0.2) is 0 Å². The van der Waals surface area contributed by atoms with Gasteiger partial charge < -0.3 is 9.32 Å². The topological polar surface area (TPSA) is 96.6 Å². The first-order valence-corrected chi connectivity index (χ1v) is 16.6. The summed E-state index contributed by atoms with van der Waals surface area (Å²) >= 11 is 8.98. The number of aromatic nitrogens is 2. The Morgan fingerprint density at radius 2 is 1.73 bits per heavy atom. The molecule has 8 nitrogen and oxygen atoms in total. The van der Waals surface area contributed by atoms with Crippen LogP contribution in [0.2, 0.25) is 5.02 Å². The molecule has 1 unspecified atom stereocenters. The number of para-hydroxylation sites is 1. The fraction of sp³-hybridized carbons (Fsp3) is 0.147. The molecule has 4 aromatic carbocycles. The third kappa shape index (κ3) is 4.02. The van der Waals surface area contributed by atoms with Gasteiger partial charge in [0.1, 0.15) is 5.58 Å². The van der Waals surface area contributed by atoms with Crippen molar-refractivity contribution in [3.63, 3.8) is 0 Å². The molecule has 8 rings (SSSR count). The number of halogens is 1. The molecule has 0 bridgehead atoms. The first kappa shape index (κ1) is 28.0. The molecule has 1 atom stereocenters. The Balaban J connectivity index is 1.29. The number of carbonyl (C=O) groups is 2. The summed E-state index contributed by atoms with van der Waals surface area (Å²) in [7, 11) is 0. The van der Waals surface area contributed by atoms with Crippen LogP contribution in [-0.4, -0.2) is 28.6 Å². The average molecular weight is 651 g/mol. The zero-order valence-electron chi connectivity index (χ0n) is 23.8. The van der Waals surface area contributed by atoms with Gasteiger partial charge in [-0.2, -0.15) is 0 Å². The van der Waals surface area contributed by atoms with Gasteiger partial charge in [-0.1, -0.05) is 102 Å². The standard InChI is InChI=1S/C34H23ClN4O4S2/c1-2-16-38-25-13-6-5-12-24(25)34(31(38)42)27-28(40)23-17-21(35)14-15-26(23)43-29(27)30(41)39(34)32-36-37-33(45-32)44-18-20-10-7-9-19-8-3-4-11-22(19)20/h3-15,17H,2,16,18H2,1H3. The lowest BCUT2D eigenvalue weighted by Crippen LogP contribution is -2.53. The largest absolute Gasteiger partial charge is 0.450 e. The number of hydrogen-bond donors (Lipinski definition) is 0. The first-order valence-electron chi connectivity index (χ1n) is 14.4.